The fraction of sp³-hybridized carbons (Fsp3) is 0.231. The van der Waals surface area contributed by atoms with Gasteiger partial charge in [0.05, 0.1) is 18.3 Å². The molecule has 2 aromatic heterocycles. The lowest BCUT2D eigenvalue weighted by Gasteiger charge is -2.10. The maximum absolute atomic E-state index is 13.1. The fourth-order valence-electron chi connectivity index (χ4n) is 4.59. The second-order valence-electron chi connectivity index (χ2n) is 8.56. The molecule has 0 bridgehead atoms. The summed E-state index contributed by atoms with van der Waals surface area (Å²) in [7, 11) is 5.72. The highest BCUT2D eigenvalue weighted by Crippen LogP contribution is 2.39. The Kier molecular flexibility index (Phi) is 5.26. The monoisotopic (exact) mass is 442 g/mol. The lowest BCUT2D eigenvalue weighted by Crippen LogP contribution is -2.22. The Morgan fingerprint density at radius 3 is 2.48 bits per heavy atom. The summed E-state index contributed by atoms with van der Waals surface area (Å²) in [5.74, 6) is -0.0701. The number of hydrogen-bond acceptors (Lipinski definition) is 4. The van der Waals surface area contributed by atoms with Gasteiger partial charge in [-0.3, -0.25) is 14.9 Å². The Labute approximate surface area is 191 Å². The van der Waals surface area contributed by atoms with Crippen molar-refractivity contribution in [2.75, 3.05) is 27.7 Å². The minimum atomic E-state index is -0.386. The number of benzene rings is 2. The summed E-state index contributed by atoms with van der Waals surface area (Å²) in [5, 5.41) is 4.31. The highest BCUT2D eigenvalue weighted by molar-refractivity contribution is 6.50. The van der Waals surface area contributed by atoms with Crippen LogP contribution in [0.4, 0.5) is 0 Å². The maximum atomic E-state index is 13.1. The van der Waals surface area contributed by atoms with Crippen molar-refractivity contribution in [2.24, 2.45) is 0 Å². The van der Waals surface area contributed by atoms with E-state index in [2.05, 4.69) is 39.9 Å². The van der Waals surface area contributed by atoms with Gasteiger partial charge >= 0.3 is 0 Å². The van der Waals surface area contributed by atoms with E-state index in [1.54, 1.807) is 13.3 Å². The van der Waals surface area contributed by atoms with E-state index in [4.69, 9.17) is 4.74 Å². The third-order valence-electron chi connectivity index (χ3n) is 6.15. The molecule has 7 heteroatoms. The normalized spacial score (nSPS) is 14.2. The molecule has 1 aliphatic heterocycles. The molecule has 5 rings (SSSR count). The number of aryl methyl sites for hydroxylation is 1. The van der Waals surface area contributed by atoms with Crippen molar-refractivity contribution in [1.82, 2.24) is 19.8 Å². The number of H-pyrrole nitrogens is 1. The van der Waals surface area contributed by atoms with Crippen LogP contribution < -0.4 is 10.1 Å². The number of carbonyl (C=O) groups is 2. The van der Waals surface area contributed by atoms with Crippen LogP contribution in [0.5, 0.6) is 5.75 Å². The Morgan fingerprint density at radius 1 is 0.970 bits per heavy atom. The number of nitrogens with zero attached hydrogens (tertiary/aromatic N) is 2. The van der Waals surface area contributed by atoms with Gasteiger partial charge in [-0.2, -0.15) is 0 Å². The van der Waals surface area contributed by atoms with Crippen LogP contribution in [0.25, 0.3) is 33.0 Å². The predicted molar refractivity (Wildman–Crippen MR) is 130 cm³/mol. The Morgan fingerprint density at radius 2 is 1.73 bits per heavy atom. The highest BCUT2D eigenvalue weighted by atomic mass is 16.5. The smallest absolute Gasteiger partial charge is 0.259 e. The second kappa shape index (κ2) is 8.26. The number of aromatic nitrogens is 2. The standard InChI is InChI=1S/C26H26N4O3/c1-29(2)11-6-12-30-15-20(17-7-4-5-8-22(17)30)24-23(25(31)28-26(24)32)19-14-27-21-10-9-16(33-3)13-18(19)21/h4-5,7-10,13-15,27H,6,11-12H2,1-3H3,(H,28,31,32). The molecule has 0 radical (unpaired) electrons. The second-order valence-corrected chi connectivity index (χ2v) is 8.56. The van der Waals surface area contributed by atoms with Crippen molar-refractivity contribution in [2.45, 2.75) is 13.0 Å². The molecule has 0 atom stereocenters. The minimum absolute atomic E-state index is 0.372. The molecule has 2 amide bonds. The summed E-state index contributed by atoms with van der Waals surface area (Å²) in [6.45, 7) is 1.78. The average Bonchev–Trinajstić information content (AvgIpc) is 3.46. The van der Waals surface area contributed by atoms with Crippen molar-refractivity contribution < 1.29 is 14.3 Å². The number of methoxy groups -OCH3 is 1. The first-order valence-corrected chi connectivity index (χ1v) is 11.0. The number of aromatic amines is 1. The van der Waals surface area contributed by atoms with Crippen LogP contribution in [0, 0.1) is 0 Å². The van der Waals surface area contributed by atoms with Crippen LogP contribution in [0.15, 0.2) is 54.9 Å². The zero-order valence-corrected chi connectivity index (χ0v) is 18.9. The maximum Gasteiger partial charge on any atom is 0.259 e. The molecule has 33 heavy (non-hydrogen) atoms. The Bertz CT molecular complexity index is 1420. The number of hydrogen-bond donors (Lipinski definition) is 2. The summed E-state index contributed by atoms with van der Waals surface area (Å²) in [6, 6.07) is 13.7. The van der Waals surface area contributed by atoms with Gasteiger partial charge in [-0.1, -0.05) is 18.2 Å². The van der Waals surface area contributed by atoms with Crippen molar-refractivity contribution in [3.63, 3.8) is 0 Å². The van der Waals surface area contributed by atoms with Gasteiger partial charge in [-0.05, 0) is 51.3 Å². The number of rotatable bonds is 7. The van der Waals surface area contributed by atoms with E-state index in [1.165, 1.54) is 0 Å². The van der Waals surface area contributed by atoms with Gasteiger partial charge in [0.1, 0.15) is 5.75 Å². The molecule has 2 aromatic carbocycles. The largest absolute Gasteiger partial charge is 0.497 e. The summed E-state index contributed by atoms with van der Waals surface area (Å²) in [6.07, 6.45) is 4.77. The van der Waals surface area contributed by atoms with Gasteiger partial charge in [-0.25, -0.2) is 0 Å². The third kappa shape index (κ3) is 3.60. The Balaban J connectivity index is 1.70. The van der Waals surface area contributed by atoms with Gasteiger partial charge in [0, 0.05) is 51.9 Å². The molecule has 1 aliphatic rings. The van der Waals surface area contributed by atoms with Crippen LogP contribution in [0.3, 0.4) is 0 Å². The number of imide groups is 1. The van der Waals surface area contributed by atoms with E-state index in [0.717, 1.165) is 46.9 Å². The quantitative estimate of drug-likeness (QED) is 0.428. The van der Waals surface area contributed by atoms with Crippen molar-refractivity contribution in [1.29, 1.82) is 0 Å². The van der Waals surface area contributed by atoms with Crippen LogP contribution in [0.1, 0.15) is 17.5 Å². The van der Waals surface area contributed by atoms with Crippen molar-refractivity contribution in [3.8, 4) is 5.75 Å². The number of para-hydroxylation sites is 1. The highest BCUT2D eigenvalue weighted by Gasteiger charge is 2.35. The molecule has 4 aromatic rings. The van der Waals surface area contributed by atoms with Gasteiger partial charge in [0.2, 0.25) is 0 Å². The van der Waals surface area contributed by atoms with Crippen LogP contribution in [0.2, 0.25) is 0 Å². The molecule has 0 aliphatic carbocycles. The molecule has 168 valence electrons. The number of ether oxygens (including phenoxy) is 1. The third-order valence-corrected chi connectivity index (χ3v) is 6.15. The van der Waals surface area contributed by atoms with Gasteiger partial charge < -0.3 is 19.2 Å². The first-order valence-electron chi connectivity index (χ1n) is 11.0. The van der Waals surface area contributed by atoms with Crippen molar-refractivity contribution in [3.05, 3.63) is 66.0 Å². The number of fused-ring (bicyclic) bond motifs is 2. The summed E-state index contributed by atoms with van der Waals surface area (Å²) >= 11 is 0. The summed E-state index contributed by atoms with van der Waals surface area (Å²) in [5.41, 5.74) is 4.17. The molecule has 0 saturated heterocycles. The van der Waals surface area contributed by atoms with E-state index in [0.29, 0.717) is 22.5 Å². The molecule has 0 spiro atoms. The zero-order chi connectivity index (χ0) is 23.1. The van der Waals surface area contributed by atoms with Crippen LogP contribution >= 0.6 is 0 Å². The average molecular weight is 443 g/mol. The van der Waals surface area contributed by atoms with Gasteiger partial charge in [0.15, 0.2) is 0 Å². The molecule has 7 nitrogen and oxygen atoms in total. The first-order chi connectivity index (χ1) is 16.0. The molecule has 0 fully saturated rings. The molecular weight excluding hydrogens is 416 g/mol. The molecule has 0 unspecified atom stereocenters. The molecule has 0 saturated carbocycles. The first kappa shape index (κ1) is 21.0. The van der Waals surface area contributed by atoms with Crippen LogP contribution in [-0.4, -0.2) is 54.0 Å². The summed E-state index contributed by atoms with van der Waals surface area (Å²) in [4.78, 5) is 31.4. The Hall–Kier alpha value is -3.84. The van der Waals surface area contributed by atoms with Gasteiger partial charge in [-0.15, -0.1) is 0 Å². The lowest BCUT2D eigenvalue weighted by molar-refractivity contribution is -0.122. The number of nitrogens with one attached hydrogen (secondary N) is 2. The SMILES string of the molecule is COc1ccc2[nH]cc(C3=C(c4cn(CCCN(C)C)c5ccccc45)C(=O)NC3=O)c2c1. The van der Waals surface area contributed by atoms with Gasteiger partial charge in [0.25, 0.3) is 11.8 Å². The fourth-order valence-corrected chi connectivity index (χ4v) is 4.59. The van der Waals surface area contributed by atoms with E-state index in [-0.39, 0.29) is 11.8 Å². The van der Waals surface area contributed by atoms with E-state index in [9.17, 15) is 9.59 Å². The number of carbonyl (C=O) groups excluding carboxylic acids is 2. The predicted octanol–water partition coefficient (Wildman–Crippen LogP) is 3.65. The van der Waals surface area contributed by atoms with Crippen molar-refractivity contribution >= 4 is 44.8 Å². The molecular formula is C26H26N4O3. The minimum Gasteiger partial charge on any atom is -0.497 e. The van der Waals surface area contributed by atoms with E-state index >= 15 is 0 Å². The molecule has 3 heterocycles. The number of amides is 2. The summed E-state index contributed by atoms with van der Waals surface area (Å²) < 4.78 is 7.55. The van der Waals surface area contributed by atoms with Crippen LogP contribution in [-0.2, 0) is 16.1 Å². The zero-order valence-electron chi connectivity index (χ0n) is 18.9. The molecule has 2 N–H and O–H groups in total. The van der Waals surface area contributed by atoms with E-state index in [1.807, 2.05) is 42.6 Å². The lowest BCUT2D eigenvalue weighted by atomic mass is 9.95. The topological polar surface area (TPSA) is 79.4 Å². The van der Waals surface area contributed by atoms with E-state index < -0.39 is 0 Å².